The maximum Gasteiger partial charge on any atom is 0.321 e. The highest BCUT2D eigenvalue weighted by Crippen LogP contribution is 2.52. The molecule has 150 valence electrons. The molecule has 2 heterocycles. The number of rotatable bonds is 3. The molecule has 0 bridgehead atoms. The second-order valence-electron chi connectivity index (χ2n) is 6.64. The predicted molar refractivity (Wildman–Crippen MR) is 95.9 cm³/mol. The van der Waals surface area contributed by atoms with Crippen molar-refractivity contribution in [2.75, 3.05) is 7.11 Å². The lowest BCUT2D eigenvalue weighted by atomic mass is 9.79. The number of hydrogen-bond donors (Lipinski definition) is 1. The Balaban J connectivity index is 2.02. The van der Waals surface area contributed by atoms with Crippen molar-refractivity contribution in [3.63, 3.8) is 0 Å². The van der Waals surface area contributed by atoms with E-state index < -0.39 is 51.6 Å². The van der Waals surface area contributed by atoms with Crippen LogP contribution in [0, 0.1) is 11.7 Å². The first kappa shape index (κ1) is 19.2. The van der Waals surface area contributed by atoms with Crippen LogP contribution in [0.4, 0.5) is 4.39 Å². The van der Waals surface area contributed by atoms with E-state index in [-0.39, 0.29) is 16.0 Å². The molecule has 29 heavy (non-hydrogen) atoms. The number of benzene rings is 2. The summed E-state index contributed by atoms with van der Waals surface area (Å²) in [6.07, 6.45) is 0. The van der Waals surface area contributed by atoms with Crippen LogP contribution in [0.25, 0.3) is 0 Å². The molecule has 1 spiro atoms. The van der Waals surface area contributed by atoms with Crippen LogP contribution in [0.3, 0.4) is 0 Å². The zero-order valence-corrected chi connectivity index (χ0v) is 15.9. The van der Waals surface area contributed by atoms with Gasteiger partial charge in [0, 0.05) is 17.7 Å². The Morgan fingerprint density at radius 1 is 1.17 bits per heavy atom. The normalized spacial score (nSPS) is 25.1. The molecule has 2 aliphatic heterocycles. The average molecular weight is 418 g/mol. The van der Waals surface area contributed by atoms with Crippen molar-refractivity contribution in [3.05, 3.63) is 65.5 Å². The molecule has 8 nitrogen and oxygen atoms in total. The number of methoxy groups -OCH3 is 1. The largest absolute Gasteiger partial charge is 0.468 e. The standard InChI is InChI=1S/C19H15FN2O6S/c1-28-17(24)15-16(23)21-18(25)19(15)12-7-3-5-9-14(12)29(26,27)22(19)10-11-6-2-4-8-13(11)20/h2-9,15H,10H2,1H3,(H,21,23,25). The van der Waals surface area contributed by atoms with Gasteiger partial charge in [-0.15, -0.1) is 0 Å². The van der Waals surface area contributed by atoms with Crippen molar-refractivity contribution in [2.45, 2.75) is 17.0 Å². The number of nitrogens with zero attached hydrogens (tertiary/aromatic N) is 1. The molecule has 2 atom stereocenters. The molecule has 2 aliphatic rings. The van der Waals surface area contributed by atoms with Gasteiger partial charge in [-0.05, 0) is 12.1 Å². The predicted octanol–water partition coefficient (Wildman–Crippen LogP) is 0.671. The fourth-order valence-corrected chi connectivity index (χ4v) is 5.94. The van der Waals surface area contributed by atoms with Gasteiger partial charge in [0.25, 0.3) is 5.91 Å². The highest BCUT2D eigenvalue weighted by atomic mass is 32.2. The molecule has 1 saturated heterocycles. The molecule has 0 aromatic heterocycles. The lowest BCUT2D eigenvalue weighted by Gasteiger charge is -2.34. The van der Waals surface area contributed by atoms with E-state index in [1.165, 1.54) is 42.5 Å². The summed E-state index contributed by atoms with van der Waals surface area (Å²) in [7, 11) is -3.31. The van der Waals surface area contributed by atoms with E-state index in [0.717, 1.165) is 13.2 Å². The van der Waals surface area contributed by atoms with Crippen LogP contribution < -0.4 is 5.32 Å². The summed E-state index contributed by atoms with van der Waals surface area (Å²) in [4.78, 5) is 37.8. The van der Waals surface area contributed by atoms with E-state index in [2.05, 4.69) is 0 Å². The van der Waals surface area contributed by atoms with Gasteiger partial charge in [-0.1, -0.05) is 36.4 Å². The van der Waals surface area contributed by atoms with Crippen LogP contribution in [-0.2, 0) is 41.2 Å². The molecule has 2 aromatic carbocycles. The molecule has 2 unspecified atom stereocenters. The summed E-state index contributed by atoms with van der Waals surface area (Å²) < 4.78 is 46.4. The fraction of sp³-hybridized carbons (Fsp3) is 0.211. The minimum Gasteiger partial charge on any atom is -0.468 e. The topological polar surface area (TPSA) is 110 Å². The zero-order chi connectivity index (χ0) is 21.0. The smallest absolute Gasteiger partial charge is 0.321 e. The molecular weight excluding hydrogens is 403 g/mol. The van der Waals surface area contributed by atoms with Gasteiger partial charge in [0.05, 0.1) is 12.0 Å². The summed E-state index contributed by atoms with van der Waals surface area (Å²) in [5.41, 5.74) is -2.25. The van der Waals surface area contributed by atoms with Crippen LogP contribution in [-0.4, -0.2) is 37.6 Å². The molecule has 1 fully saturated rings. The molecule has 2 aromatic rings. The van der Waals surface area contributed by atoms with Gasteiger partial charge in [0.2, 0.25) is 15.9 Å². The van der Waals surface area contributed by atoms with Gasteiger partial charge in [-0.25, -0.2) is 12.8 Å². The molecule has 0 radical (unpaired) electrons. The first-order chi connectivity index (χ1) is 13.8. The average Bonchev–Trinajstić information content (AvgIpc) is 3.07. The Morgan fingerprint density at radius 2 is 1.83 bits per heavy atom. The van der Waals surface area contributed by atoms with Crippen molar-refractivity contribution in [3.8, 4) is 0 Å². The lowest BCUT2D eigenvalue weighted by Crippen LogP contribution is -2.54. The summed E-state index contributed by atoms with van der Waals surface area (Å²) in [6, 6.07) is 11.1. The lowest BCUT2D eigenvalue weighted by molar-refractivity contribution is -0.154. The van der Waals surface area contributed by atoms with Crippen molar-refractivity contribution in [1.82, 2.24) is 9.62 Å². The Morgan fingerprint density at radius 3 is 2.52 bits per heavy atom. The molecular formula is C19H15FN2O6S. The number of carbonyl (C=O) groups is 3. The summed E-state index contributed by atoms with van der Waals surface area (Å²) >= 11 is 0. The summed E-state index contributed by atoms with van der Waals surface area (Å²) in [5, 5.41) is 2.05. The number of amides is 2. The molecule has 4 rings (SSSR count). The van der Waals surface area contributed by atoms with E-state index in [9.17, 15) is 27.2 Å². The van der Waals surface area contributed by atoms with Crippen molar-refractivity contribution < 1.29 is 31.9 Å². The highest BCUT2D eigenvalue weighted by Gasteiger charge is 2.70. The fourth-order valence-electron chi connectivity index (χ4n) is 3.97. The monoisotopic (exact) mass is 418 g/mol. The van der Waals surface area contributed by atoms with Crippen molar-refractivity contribution in [2.24, 2.45) is 5.92 Å². The molecule has 0 saturated carbocycles. The number of nitrogens with one attached hydrogen (secondary N) is 1. The zero-order valence-electron chi connectivity index (χ0n) is 15.1. The number of hydrogen-bond acceptors (Lipinski definition) is 6. The number of imide groups is 1. The Hall–Kier alpha value is -3.11. The van der Waals surface area contributed by atoms with E-state index >= 15 is 0 Å². The minimum atomic E-state index is -4.34. The third-order valence-electron chi connectivity index (χ3n) is 5.23. The summed E-state index contributed by atoms with van der Waals surface area (Å²) in [6.45, 7) is -0.558. The Bertz CT molecular complexity index is 1160. The molecule has 1 N–H and O–H groups in total. The number of sulfonamides is 1. The second kappa shape index (κ2) is 6.46. The van der Waals surface area contributed by atoms with Gasteiger partial charge < -0.3 is 4.74 Å². The van der Waals surface area contributed by atoms with Gasteiger partial charge in [0.15, 0.2) is 11.5 Å². The minimum absolute atomic E-state index is 0.0148. The number of carbonyl (C=O) groups excluding carboxylic acids is 3. The number of ether oxygens (including phenoxy) is 1. The SMILES string of the molecule is COC(=O)C1C(=O)NC(=O)C12c1ccccc1S(=O)(=O)N2Cc1ccccc1F. The molecule has 2 amide bonds. The Labute approximate surface area is 165 Å². The van der Waals surface area contributed by atoms with E-state index in [4.69, 9.17) is 4.74 Å². The van der Waals surface area contributed by atoms with E-state index in [1.54, 1.807) is 0 Å². The maximum atomic E-state index is 14.3. The third-order valence-corrected chi connectivity index (χ3v) is 7.14. The van der Waals surface area contributed by atoms with E-state index in [1.807, 2.05) is 5.32 Å². The molecule has 10 heteroatoms. The van der Waals surface area contributed by atoms with Crippen LogP contribution in [0.1, 0.15) is 11.1 Å². The van der Waals surface area contributed by atoms with Crippen molar-refractivity contribution in [1.29, 1.82) is 0 Å². The number of fused-ring (bicyclic) bond motifs is 2. The maximum absolute atomic E-state index is 14.3. The quantitative estimate of drug-likeness (QED) is 0.446. The van der Waals surface area contributed by atoms with Gasteiger partial charge >= 0.3 is 5.97 Å². The second-order valence-corrected chi connectivity index (χ2v) is 8.47. The highest BCUT2D eigenvalue weighted by molar-refractivity contribution is 7.89. The van der Waals surface area contributed by atoms with E-state index in [0.29, 0.717) is 4.31 Å². The molecule has 0 aliphatic carbocycles. The number of halogens is 1. The van der Waals surface area contributed by atoms with Crippen LogP contribution in [0.15, 0.2) is 53.4 Å². The Kier molecular flexibility index (Phi) is 4.28. The van der Waals surface area contributed by atoms with Crippen LogP contribution in [0.5, 0.6) is 0 Å². The van der Waals surface area contributed by atoms with Crippen LogP contribution in [0.2, 0.25) is 0 Å². The third kappa shape index (κ3) is 2.45. The first-order valence-corrected chi connectivity index (χ1v) is 9.99. The van der Waals surface area contributed by atoms with Gasteiger partial charge in [-0.2, -0.15) is 4.31 Å². The van der Waals surface area contributed by atoms with Gasteiger partial charge in [-0.3, -0.25) is 19.7 Å². The van der Waals surface area contributed by atoms with Gasteiger partial charge in [0.1, 0.15) is 5.82 Å². The number of esters is 1. The van der Waals surface area contributed by atoms with Crippen molar-refractivity contribution >= 4 is 27.8 Å². The first-order valence-electron chi connectivity index (χ1n) is 8.55. The summed E-state index contributed by atoms with van der Waals surface area (Å²) in [5.74, 6) is -5.49. The van der Waals surface area contributed by atoms with Crippen LogP contribution >= 0.6 is 0 Å².